The van der Waals surface area contributed by atoms with Crippen molar-refractivity contribution in [3.8, 4) is 11.3 Å². The molecule has 1 unspecified atom stereocenters. The summed E-state index contributed by atoms with van der Waals surface area (Å²) < 4.78 is 0. The first-order valence-electron chi connectivity index (χ1n) is 7.61. The van der Waals surface area contributed by atoms with Gasteiger partial charge in [-0.25, -0.2) is 0 Å². The highest BCUT2D eigenvalue weighted by Crippen LogP contribution is 2.20. The third kappa shape index (κ3) is 3.60. The van der Waals surface area contributed by atoms with Crippen molar-refractivity contribution >= 4 is 0 Å². The van der Waals surface area contributed by atoms with Crippen LogP contribution in [0.15, 0.2) is 79.0 Å². The summed E-state index contributed by atoms with van der Waals surface area (Å²) in [6, 6.07) is 25.4. The maximum absolute atomic E-state index is 4.38. The minimum Gasteiger partial charge on any atom is -0.306 e. The minimum absolute atomic E-state index is 0.318. The topological polar surface area (TPSA) is 24.9 Å². The lowest BCUT2D eigenvalue weighted by atomic mass is 10.0. The Morgan fingerprint density at radius 3 is 2.27 bits per heavy atom. The molecular formula is C20H20N2. The van der Waals surface area contributed by atoms with Gasteiger partial charge in [0.25, 0.3) is 0 Å². The monoisotopic (exact) mass is 288 g/mol. The van der Waals surface area contributed by atoms with Crippen molar-refractivity contribution in [2.75, 3.05) is 0 Å². The quantitative estimate of drug-likeness (QED) is 0.742. The second-order valence-corrected chi connectivity index (χ2v) is 5.43. The fraction of sp³-hybridized carbons (Fsp3) is 0.150. The number of hydrogen-bond donors (Lipinski definition) is 1. The number of nitrogens with one attached hydrogen (secondary N) is 1. The van der Waals surface area contributed by atoms with Gasteiger partial charge in [0.05, 0.1) is 5.69 Å². The van der Waals surface area contributed by atoms with Gasteiger partial charge >= 0.3 is 0 Å². The molecule has 2 nitrogen and oxygen atoms in total. The average molecular weight is 288 g/mol. The molecule has 0 aliphatic heterocycles. The van der Waals surface area contributed by atoms with E-state index >= 15 is 0 Å². The summed E-state index contributed by atoms with van der Waals surface area (Å²) in [7, 11) is 0. The number of pyridine rings is 1. The lowest BCUT2D eigenvalue weighted by molar-refractivity contribution is 0.575. The van der Waals surface area contributed by atoms with Crippen molar-refractivity contribution in [2.24, 2.45) is 0 Å². The van der Waals surface area contributed by atoms with Gasteiger partial charge in [0.2, 0.25) is 0 Å². The molecule has 0 aliphatic rings. The molecule has 3 rings (SSSR count). The molecule has 1 aromatic heterocycles. The molecular weight excluding hydrogens is 268 g/mol. The summed E-state index contributed by atoms with van der Waals surface area (Å²) in [5, 5.41) is 3.56. The largest absolute Gasteiger partial charge is 0.306 e. The van der Waals surface area contributed by atoms with Gasteiger partial charge in [-0.2, -0.15) is 0 Å². The molecule has 0 aliphatic carbocycles. The standard InChI is InChI=1S/C20H20N2/c1-16(22-15-17-7-3-2-4-8-17)18-10-12-19(13-11-18)20-9-5-6-14-21-20/h2-14,16,22H,15H2,1H3. The van der Waals surface area contributed by atoms with E-state index in [1.54, 1.807) is 0 Å². The second-order valence-electron chi connectivity index (χ2n) is 5.43. The zero-order valence-electron chi connectivity index (χ0n) is 12.7. The van der Waals surface area contributed by atoms with Crippen LogP contribution < -0.4 is 5.32 Å². The van der Waals surface area contributed by atoms with Crippen LogP contribution in [0, 0.1) is 0 Å². The van der Waals surface area contributed by atoms with Crippen molar-refractivity contribution in [3.05, 3.63) is 90.1 Å². The Balaban J connectivity index is 1.65. The molecule has 2 heteroatoms. The zero-order valence-corrected chi connectivity index (χ0v) is 12.7. The molecule has 0 amide bonds. The Morgan fingerprint density at radius 1 is 0.864 bits per heavy atom. The van der Waals surface area contributed by atoms with E-state index in [9.17, 15) is 0 Å². The molecule has 110 valence electrons. The third-order valence-corrected chi connectivity index (χ3v) is 3.83. The molecule has 0 spiro atoms. The number of nitrogens with zero attached hydrogens (tertiary/aromatic N) is 1. The van der Waals surface area contributed by atoms with Crippen LogP contribution in [0.5, 0.6) is 0 Å². The first kappa shape index (κ1) is 14.5. The van der Waals surface area contributed by atoms with Gasteiger partial charge in [0.1, 0.15) is 0 Å². The van der Waals surface area contributed by atoms with E-state index in [-0.39, 0.29) is 0 Å². The molecule has 1 N–H and O–H groups in total. The van der Waals surface area contributed by atoms with E-state index in [1.165, 1.54) is 11.1 Å². The van der Waals surface area contributed by atoms with Crippen molar-refractivity contribution in [2.45, 2.75) is 19.5 Å². The molecule has 0 radical (unpaired) electrons. The van der Waals surface area contributed by atoms with Crippen LogP contribution in [-0.2, 0) is 6.54 Å². The highest BCUT2D eigenvalue weighted by Gasteiger charge is 2.05. The molecule has 1 atom stereocenters. The summed E-state index contributed by atoms with van der Waals surface area (Å²) in [6.45, 7) is 3.07. The molecule has 0 fully saturated rings. The van der Waals surface area contributed by atoms with Crippen LogP contribution >= 0.6 is 0 Å². The van der Waals surface area contributed by atoms with Crippen molar-refractivity contribution in [3.63, 3.8) is 0 Å². The van der Waals surface area contributed by atoms with E-state index in [0.717, 1.165) is 17.8 Å². The number of benzene rings is 2. The van der Waals surface area contributed by atoms with Gasteiger partial charge in [-0.15, -0.1) is 0 Å². The fourth-order valence-electron chi connectivity index (χ4n) is 2.46. The molecule has 2 aromatic carbocycles. The van der Waals surface area contributed by atoms with E-state index in [1.807, 2.05) is 30.5 Å². The highest BCUT2D eigenvalue weighted by molar-refractivity contribution is 5.59. The lowest BCUT2D eigenvalue weighted by Crippen LogP contribution is -2.17. The molecule has 0 bridgehead atoms. The highest BCUT2D eigenvalue weighted by atomic mass is 14.9. The minimum atomic E-state index is 0.318. The smallest absolute Gasteiger partial charge is 0.0701 e. The van der Waals surface area contributed by atoms with Crippen molar-refractivity contribution < 1.29 is 0 Å². The normalized spacial score (nSPS) is 12.0. The maximum Gasteiger partial charge on any atom is 0.0701 e. The summed E-state index contributed by atoms with van der Waals surface area (Å²) in [4.78, 5) is 4.38. The van der Waals surface area contributed by atoms with E-state index in [2.05, 4.69) is 65.8 Å². The predicted octanol–water partition coefficient (Wildman–Crippen LogP) is 4.60. The summed E-state index contributed by atoms with van der Waals surface area (Å²) in [6.07, 6.45) is 1.83. The second kappa shape index (κ2) is 7.01. The van der Waals surface area contributed by atoms with Gasteiger partial charge in [0.15, 0.2) is 0 Å². The molecule has 1 heterocycles. The summed E-state index contributed by atoms with van der Waals surface area (Å²) in [5.41, 5.74) is 4.76. The average Bonchev–Trinajstić information content (AvgIpc) is 2.61. The van der Waals surface area contributed by atoms with Gasteiger partial charge in [-0.3, -0.25) is 4.98 Å². The fourth-order valence-corrected chi connectivity index (χ4v) is 2.46. The predicted molar refractivity (Wildman–Crippen MR) is 91.4 cm³/mol. The van der Waals surface area contributed by atoms with Crippen LogP contribution in [-0.4, -0.2) is 4.98 Å². The van der Waals surface area contributed by atoms with Gasteiger partial charge in [-0.1, -0.05) is 60.7 Å². The summed E-state index contributed by atoms with van der Waals surface area (Å²) >= 11 is 0. The van der Waals surface area contributed by atoms with E-state index in [4.69, 9.17) is 0 Å². The Morgan fingerprint density at radius 2 is 1.59 bits per heavy atom. The van der Waals surface area contributed by atoms with Crippen molar-refractivity contribution in [1.82, 2.24) is 10.3 Å². The van der Waals surface area contributed by atoms with Crippen LogP contribution in [0.1, 0.15) is 24.1 Å². The van der Waals surface area contributed by atoms with E-state index < -0.39 is 0 Å². The van der Waals surface area contributed by atoms with Crippen LogP contribution in [0.4, 0.5) is 0 Å². The summed E-state index contributed by atoms with van der Waals surface area (Å²) in [5.74, 6) is 0. The SMILES string of the molecule is CC(NCc1ccccc1)c1ccc(-c2ccccn2)cc1. The van der Waals surface area contributed by atoms with Crippen LogP contribution in [0.2, 0.25) is 0 Å². The first-order valence-corrected chi connectivity index (χ1v) is 7.61. The molecule has 22 heavy (non-hydrogen) atoms. The third-order valence-electron chi connectivity index (χ3n) is 3.83. The Kier molecular flexibility index (Phi) is 4.62. The van der Waals surface area contributed by atoms with Gasteiger partial charge < -0.3 is 5.32 Å². The van der Waals surface area contributed by atoms with Crippen LogP contribution in [0.25, 0.3) is 11.3 Å². The number of hydrogen-bond acceptors (Lipinski definition) is 2. The molecule has 0 saturated carbocycles. The van der Waals surface area contributed by atoms with Crippen LogP contribution in [0.3, 0.4) is 0 Å². The first-order chi connectivity index (χ1) is 10.8. The Bertz CT molecular complexity index is 691. The van der Waals surface area contributed by atoms with E-state index in [0.29, 0.717) is 6.04 Å². The Labute approximate surface area is 131 Å². The lowest BCUT2D eigenvalue weighted by Gasteiger charge is -2.15. The van der Waals surface area contributed by atoms with Crippen molar-refractivity contribution in [1.29, 1.82) is 0 Å². The Hall–Kier alpha value is -2.45. The number of rotatable bonds is 5. The van der Waals surface area contributed by atoms with Gasteiger partial charge in [0, 0.05) is 24.3 Å². The van der Waals surface area contributed by atoms with Gasteiger partial charge in [-0.05, 0) is 30.2 Å². The molecule has 3 aromatic rings. The number of aromatic nitrogens is 1. The zero-order chi connectivity index (χ0) is 15.2. The maximum atomic E-state index is 4.38. The molecule has 0 saturated heterocycles.